The third-order valence-corrected chi connectivity index (χ3v) is 6.13. The molecule has 2 aliphatic carbocycles. The van der Waals surface area contributed by atoms with Gasteiger partial charge in [0, 0.05) is 6.07 Å². The lowest BCUT2D eigenvalue weighted by Gasteiger charge is -2.16. The van der Waals surface area contributed by atoms with E-state index in [2.05, 4.69) is 4.28 Å². The van der Waals surface area contributed by atoms with Gasteiger partial charge in [0.05, 0.1) is 11.8 Å². The van der Waals surface area contributed by atoms with Crippen molar-refractivity contribution in [2.75, 3.05) is 0 Å². The minimum Gasteiger partial charge on any atom is -0.272 e. The average Bonchev–Trinajstić information content (AvgIpc) is 3.23. The van der Waals surface area contributed by atoms with Crippen molar-refractivity contribution in [1.29, 1.82) is 0 Å². The Hall–Kier alpha value is -2.27. The molecule has 1 saturated heterocycles. The van der Waals surface area contributed by atoms with Crippen LogP contribution < -0.4 is 0 Å². The zero-order chi connectivity index (χ0) is 19.0. The van der Waals surface area contributed by atoms with E-state index >= 15 is 0 Å². The van der Waals surface area contributed by atoms with E-state index in [0.717, 1.165) is 0 Å². The van der Waals surface area contributed by atoms with Crippen molar-refractivity contribution < 1.29 is 39.9 Å². The minimum atomic E-state index is -5.53. The molecule has 4 unspecified atom stereocenters. The molecule has 1 heterocycles. The zero-order valence-corrected chi connectivity index (χ0v) is 13.5. The molecule has 0 spiro atoms. The van der Waals surface area contributed by atoms with Gasteiger partial charge in [-0.15, -0.1) is 9.35 Å². The molecule has 1 aromatic rings. The molecule has 2 fully saturated rings. The van der Waals surface area contributed by atoms with Gasteiger partial charge in [0.2, 0.25) is 0 Å². The number of carbonyl (C=O) groups excluding carboxylic acids is 2. The maximum absolute atomic E-state index is 13.7. The fraction of sp³-hybridized carbons (Fsp3) is 0.333. The van der Waals surface area contributed by atoms with Gasteiger partial charge in [0.15, 0.2) is 28.2 Å². The molecule has 1 aromatic carbocycles. The smallest absolute Gasteiger partial charge is 0.272 e. The number of benzene rings is 1. The fourth-order valence-electron chi connectivity index (χ4n) is 3.85. The quantitative estimate of drug-likeness (QED) is 0.339. The van der Waals surface area contributed by atoms with Crippen LogP contribution in [0.25, 0.3) is 0 Å². The predicted octanol–water partition coefficient (Wildman–Crippen LogP) is 1.67. The fourth-order valence-corrected chi connectivity index (χ4v) is 4.91. The number of halogens is 4. The summed E-state index contributed by atoms with van der Waals surface area (Å²) in [7, 11) is -5.53. The molecule has 4 rings (SSSR count). The van der Waals surface area contributed by atoms with E-state index in [-0.39, 0.29) is 23.0 Å². The molecule has 1 aliphatic heterocycles. The van der Waals surface area contributed by atoms with Crippen LogP contribution in [0.5, 0.6) is 0 Å². The number of nitrogens with zero attached hydrogens (tertiary/aromatic N) is 1. The first-order valence-corrected chi connectivity index (χ1v) is 8.88. The first-order valence-electron chi connectivity index (χ1n) is 7.47. The van der Waals surface area contributed by atoms with Crippen molar-refractivity contribution in [2.45, 2.75) is 11.3 Å². The summed E-state index contributed by atoms with van der Waals surface area (Å²) in [5.41, 5.74) is 0. The molecule has 138 valence electrons. The van der Waals surface area contributed by atoms with Crippen LogP contribution in [0.2, 0.25) is 0 Å². The van der Waals surface area contributed by atoms with E-state index in [9.17, 15) is 35.6 Å². The molecule has 2 bridgehead atoms. The zero-order valence-electron chi connectivity index (χ0n) is 12.7. The van der Waals surface area contributed by atoms with Crippen LogP contribution in [-0.2, 0) is 24.0 Å². The van der Waals surface area contributed by atoms with Crippen molar-refractivity contribution in [2.24, 2.45) is 23.7 Å². The highest BCUT2D eigenvalue weighted by atomic mass is 32.2. The Kier molecular flexibility index (Phi) is 3.54. The monoisotopic (exact) mass is 391 g/mol. The number of allylic oxidation sites excluding steroid dienone is 2. The highest BCUT2D eigenvalue weighted by Crippen LogP contribution is 2.52. The maximum Gasteiger partial charge on any atom is 0.324 e. The molecular formula is C15H9F4NO5S. The van der Waals surface area contributed by atoms with Gasteiger partial charge in [0.1, 0.15) is 0 Å². The molecule has 26 heavy (non-hydrogen) atoms. The summed E-state index contributed by atoms with van der Waals surface area (Å²) < 4.78 is 82.5. The first kappa shape index (κ1) is 17.2. The van der Waals surface area contributed by atoms with E-state index in [1.54, 1.807) is 12.2 Å². The number of hydrogen-bond acceptors (Lipinski definition) is 5. The van der Waals surface area contributed by atoms with Gasteiger partial charge in [-0.25, -0.2) is 17.6 Å². The topological polar surface area (TPSA) is 80.8 Å². The molecule has 0 radical (unpaired) electrons. The summed E-state index contributed by atoms with van der Waals surface area (Å²) in [5.74, 6) is -12.5. The van der Waals surface area contributed by atoms with E-state index in [1.165, 1.54) is 0 Å². The second-order valence-electron chi connectivity index (χ2n) is 6.30. The van der Waals surface area contributed by atoms with Crippen molar-refractivity contribution >= 4 is 21.9 Å². The van der Waals surface area contributed by atoms with Crippen LogP contribution in [0.1, 0.15) is 6.42 Å². The minimum absolute atomic E-state index is 0.0848. The molecule has 3 aliphatic rings. The van der Waals surface area contributed by atoms with Gasteiger partial charge < -0.3 is 0 Å². The summed E-state index contributed by atoms with van der Waals surface area (Å²) in [6, 6.07) is -0.177. The SMILES string of the molecule is O=C1C2C3C=CC(C3)C2C(=O)N1OS(=O)(=O)c1c(F)c(F)cc(F)c1F. The van der Waals surface area contributed by atoms with Gasteiger partial charge in [-0.3, -0.25) is 9.59 Å². The first-order chi connectivity index (χ1) is 12.1. The summed E-state index contributed by atoms with van der Waals surface area (Å²) >= 11 is 0. The third-order valence-electron chi connectivity index (χ3n) is 4.92. The van der Waals surface area contributed by atoms with Crippen LogP contribution >= 0.6 is 0 Å². The lowest BCUT2D eigenvalue weighted by Crippen LogP contribution is -2.36. The number of rotatable bonds is 3. The molecule has 1 saturated carbocycles. The lowest BCUT2D eigenvalue weighted by molar-refractivity contribution is -0.166. The van der Waals surface area contributed by atoms with Gasteiger partial charge >= 0.3 is 10.1 Å². The third kappa shape index (κ3) is 2.16. The Balaban J connectivity index is 1.70. The molecule has 11 heteroatoms. The van der Waals surface area contributed by atoms with Gasteiger partial charge in [0.25, 0.3) is 11.8 Å². The Morgan fingerprint density at radius 2 is 1.38 bits per heavy atom. The number of amides is 2. The van der Waals surface area contributed by atoms with Crippen LogP contribution in [0.15, 0.2) is 23.1 Å². The standard InChI is InChI=1S/C15H9F4NO5S/c16-7-4-8(17)12(19)13(11(7)18)26(23,24)25-20-14(21)9-5-1-2-6(3-5)10(9)15(20)22/h1-2,4-6,9-10H,3H2. The highest BCUT2D eigenvalue weighted by Gasteiger charge is 2.61. The number of hydrogen-bond donors (Lipinski definition) is 0. The van der Waals surface area contributed by atoms with Crippen LogP contribution in [0.4, 0.5) is 17.6 Å². The van der Waals surface area contributed by atoms with Crippen molar-refractivity contribution in [3.63, 3.8) is 0 Å². The van der Waals surface area contributed by atoms with E-state index in [4.69, 9.17) is 0 Å². The summed E-state index contributed by atoms with van der Waals surface area (Å²) in [6.45, 7) is 0. The van der Waals surface area contributed by atoms with Crippen LogP contribution in [0, 0.1) is 46.9 Å². The molecule has 0 N–H and O–H groups in total. The van der Waals surface area contributed by atoms with Crippen molar-refractivity contribution in [3.05, 3.63) is 41.5 Å². The summed E-state index contributed by atoms with van der Waals surface area (Å²) in [5, 5.41) is -0.0848. The van der Waals surface area contributed by atoms with Gasteiger partial charge in [-0.2, -0.15) is 8.42 Å². The van der Waals surface area contributed by atoms with Gasteiger partial charge in [-0.1, -0.05) is 12.2 Å². The van der Waals surface area contributed by atoms with E-state index in [1.807, 2.05) is 0 Å². The number of carbonyl (C=O) groups is 2. The Labute approximate surface area is 144 Å². The maximum atomic E-state index is 13.7. The number of imide groups is 1. The van der Waals surface area contributed by atoms with Gasteiger partial charge in [-0.05, 0) is 18.3 Å². The van der Waals surface area contributed by atoms with E-state index < -0.39 is 61.9 Å². The molecule has 4 atom stereocenters. The Bertz CT molecular complexity index is 936. The largest absolute Gasteiger partial charge is 0.324 e. The number of fused-ring (bicyclic) bond motifs is 5. The summed E-state index contributed by atoms with van der Waals surface area (Å²) in [4.78, 5) is 22.6. The molecule has 0 aromatic heterocycles. The second kappa shape index (κ2) is 5.36. The summed E-state index contributed by atoms with van der Waals surface area (Å²) in [6.07, 6.45) is 4.03. The van der Waals surface area contributed by atoms with Crippen LogP contribution in [0.3, 0.4) is 0 Å². The van der Waals surface area contributed by atoms with Crippen molar-refractivity contribution in [3.8, 4) is 0 Å². The molecule has 6 nitrogen and oxygen atoms in total. The second-order valence-corrected chi connectivity index (χ2v) is 7.76. The lowest BCUT2D eigenvalue weighted by atomic mass is 9.85. The average molecular weight is 391 g/mol. The molecular weight excluding hydrogens is 382 g/mol. The number of hydroxylamine groups is 2. The van der Waals surface area contributed by atoms with Crippen LogP contribution in [-0.4, -0.2) is 25.3 Å². The Morgan fingerprint density at radius 1 is 0.923 bits per heavy atom. The Morgan fingerprint density at radius 3 is 1.85 bits per heavy atom. The van der Waals surface area contributed by atoms with Crippen molar-refractivity contribution in [1.82, 2.24) is 5.06 Å². The van der Waals surface area contributed by atoms with E-state index in [0.29, 0.717) is 6.42 Å². The predicted molar refractivity (Wildman–Crippen MR) is 74.1 cm³/mol. The molecule has 2 amide bonds. The highest BCUT2D eigenvalue weighted by molar-refractivity contribution is 7.86. The normalized spacial score (nSPS) is 29.8.